The van der Waals surface area contributed by atoms with E-state index in [0.717, 1.165) is 13.0 Å². The number of ether oxygens (including phenoxy) is 3. The Balaban J connectivity index is 3.39. The average molecular weight is 232 g/mol. The predicted octanol–water partition coefficient (Wildman–Crippen LogP) is 3.02. The molecule has 0 aliphatic rings. The molecule has 0 aromatic rings. The fourth-order valence-corrected chi connectivity index (χ4v) is 1.15. The molecule has 98 valence electrons. The Bertz CT molecular complexity index is 148. The van der Waals surface area contributed by atoms with Crippen molar-refractivity contribution in [3.8, 4) is 0 Å². The van der Waals surface area contributed by atoms with Crippen molar-refractivity contribution in [2.24, 2.45) is 0 Å². The third-order valence-electron chi connectivity index (χ3n) is 2.18. The van der Waals surface area contributed by atoms with Gasteiger partial charge in [-0.3, -0.25) is 0 Å². The van der Waals surface area contributed by atoms with Crippen LogP contribution in [0.1, 0.15) is 47.5 Å². The maximum absolute atomic E-state index is 5.63. The first-order chi connectivity index (χ1) is 7.56. The van der Waals surface area contributed by atoms with E-state index in [1.807, 2.05) is 27.7 Å². The molecule has 16 heavy (non-hydrogen) atoms. The lowest BCUT2D eigenvalue weighted by molar-refractivity contribution is -0.0658. The Morgan fingerprint density at radius 1 is 0.812 bits per heavy atom. The van der Waals surface area contributed by atoms with Crippen LogP contribution in [0, 0.1) is 0 Å². The van der Waals surface area contributed by atoms with E-state index in [2.05, 4.69) is 6.92 Å². The molecule has 0 amide bonds. The fraction of sp³-hybridized carbons (Fsp3) is 1.00. The number of hydrogen-bond donors (Lipinski definition) is 0. The maximum Gasteiger partial charge on any atom is 0.0781 e. The molecule has 0 rings (SSSR count). The third-order valence-corrected chi connectivity index (χ3v) is 2.18. The molecule has 0 aliphatic carbocycles. The highest BCUT2D eigenvalue weighted by molar-refractivity contribution is 4.53. The zero-order valence-corrected chi connectivity index (χ0v) is 11.5. The van der Waals surface area contributed by atoms with Crippen LogP contribution in [0.25, 0.3) is 0 Å². The van der Waals surface area contributed by atoms with E-state index in [0.29, 0.717) is 13.2 Å². The summed E-state index contributed by atoms with van der Waals surface area (Å²) < 4.78 is 16.7. The van der Waals surface area contributed by atoms with Crippen molar-refractivity contribution in [2.45, 2.75) is 65.8 Å². The van der Waals surface area contributed by atoms with E-state index in [1.54, 1.807) is 0 Å². The zero-order valence-electron chi connectivity index (χ0n) is 11.5. The lowest BCUT2D eigenvalue weighted by atomic mass is 10.3. The summed E-state index contributed by atoms with van der Waals surface area (Å²) >= 11 is 0. The highest BCUT2D eigenvalue weighted by Crippen LogP contribution is 2.00. The average Bonchev–Trinajstić information content (AvgIpc) is 2.24. The van der Waals surface area contributed by atoms with Crippen LogP contribution in [0.5, 0.6) is 0 Å². The van der Waals surface area contributed by atoms with Gasteiger partial charge in [0, 0.05) is 6.61 Å². The SMILES string of the molecule is CCCCOC(C)COC(C)COC(C)C. The van der Waals surface area contributed by atoms with Crippen LogP contribution in [-0.4, -0.2) is 38.1 Å². The molecule has 0 saturated carbocycles. The van der Waals surface area contributed by atoms with Gasteiger partial charge in [0.25, 0.3) is 0 Å². The lowest BCUT2D eigenvalue weighted by Crippen LogP contribution is -2.24. The van der Waals surface area contributed by atoms with E-state index >= 15 is 0 Å². The van der Waals surface area contributed by atoms with Gasteiger partial charge in [0.2, 0.25) is 0 Å². The van der Waals surface area contributed by atoms with E-state index in [9.17, 15) is 0 Å². The van der Waals surface area contributed by atoms with Crippen LogP contribution < -0.4 is 0 Å². The summed E-state index contributed by atoms with van der Waals surface area (Å²) in [6.07, 6.45) is 2.87. The highest BCUT2D eigenvalue weighted by atomic mass is 16.6. The minimum atomic E-state index is 0.139. The monoisotopic (exact) mass is 232 g/mol. The quantitative estimate of drug-likeness (QED) is 0.542. The van der Waals surface area contributed by atoms with Crippen LogP contribution in [0.3, 0.4) is 0 Å². The Hall–Kier alpha value is -0.120. The zero-order chi connectivity index (χ0) is 12.4. The summed E-state index contributed by atoms with van der Waals surface area (Å²) in [5.41, 5.74) is 0. The van der Waals surface area contributed by atoms with Crippen molar-refractivity contribution in [3.05, 3.63) is 0 Å². The number of rotatable bonds is 10. The van der Waals surface area contributed by atoms with Gasteiger partial charge >= 0.3 is 0 Å². The molecular weight excluding hydrogens is 204 g/mol. The molecular formula is C13H28O3. The second kappa shape index (κ2) is 10.1. The molecule has 0 aromatic heterocycles. The maximum atomic E-state index is 5.63. The minimum Gasteiger partial charge on any atom is -0.376 e. The van der Waals surface area contributed by atoms with Gasteiger partial charge in [-0.25, -0.2) is 0 Å². The molecule has 0 bridgehead atoms. The Morgan fingerprint density at radius 3 is 1.94 bits per heavy atom. The smallest absolute Gasteiger partial charge is 0.0781 e. The van der Waals surface area contributed by atoms with Crippen LogP contribution in [0.2, 0.25) is 0 Å². The van der Waals surface area contributed by atoms with Crippen LogP contribution >= 0.6 is 0 Å². The van der Waals surface area contributed by atoms with Gasteiger partial charge in [-0.2, -0.15) is 0 Å². The Morgan fingerprint density at radius 2 is 1.38 bits per heavy atom. The van der Waals surface area contributed by atoms with Crippen molar-refractivity contribution in [2.75, 3.05) is 19.8 Å². The van der Waals surface area contributed by atoms with Crippen molar-refractivity contribution in [3.63, 3.8) is 0 Å². The number of unbranched alkanes of at least 4 members (excludes halogenated alkanes) is 1. The normalized spacial score (nSPS) is 15.4. The van der Waals surface area contributed by atoms with Crippen molar-refractivity contribution >= 4 is 0 Å². The standard InChI is InChI=1S/C13H28O3/c1-6-7-8-14-12(4)10-16-13(5)9-15-11(2)3/h11-13H,6-10H2,1-5H3. The lowest BCUT2D eigenvalue weighted by Gasteiger charge is -2.18. The van der Waals surface area contributed by atoms with E-state index < -0.39 is 0 Å². The predicted molar refractivity (Wildman–Crippen MR) is 66.8 cm³/mol. The molecule has 3 nitrogen and oxygen atoms in total. The summed E-state index contributed by atoms with van der Waals surface area (Å²) in [7, 11) is 0. The van der Waals surface area contributed by atoms with Gasteiger partial charge < -0.3 is 14.2 Å². The third kappa shape index (κ3) is 10.4. The largest absolute Gasteiger partial charge is 0.376 e. The molecule has 0 radical (unpaired) electrons. The van der Waals surface area contributed by atoms with Gasteiger partial charge in [-0.05, 0) is 34.1 Å². The van der Waals surface area contributed by atoms with Crippen LogP contribution in [-0.2, 0) is 14.2 Å². The van der Waals surface area contributed by atoms with Gasteiger partial charge in [-0.15, -0.1) is 0 Å². The molecule has 2 atom stereocenters. The molecule has 2 unspecified atom stereocenters. The molecule has 0 fully saturated rings. The van der Waals surface area contributed by atoms with E-state index in [1.165, 1.54) is 6.42 Å². The van der Waals surface area contributed by atoms with Gasteiger partial charge in [0.05, 0.1) is 31.5 Å². The van der Waals surface area contributed by atoms with Crippen molar-refractivity contribution in [1.82, 2.24) is 0 Å². The topological polar surface area (TPSA) is 27.7 Å². The summed E-state index contributed by atoms with van der Waals surface area (Å²) in [4.78, 5) is 0. The second-order valence-corrected chi connectivity index (χ2v) is 4.56. The van der Waals surface area contributed by atoms with Crippen molar-refractivity contribution < 1.29 is 14.2 Å². The van der Waals surface area contributed by atoms with Crippen LogP contribution in [0.4, 0.5) is 0 Å². The molecule has 0 spiro atoms. The first-order valence-corrected chi connectivity index (χ1v) is 6.41. The molecule has 3 heteroatoms. The summed E-state index contributed by atoms with van der Waals surface area (Å²) in [5.74, 6) is 0. The van der Waals surface area contributed by atoms with Gasteiger partial charge in [0.15, 0.2) is 0 Å². The molecule has 0 N–H and O–H groups in total. The van der Waals surface area contributed by atoms with Gasteiger partial charge in [-0.1, -0.05) is 13.3 Å². The summed E-state index contributed by atoms with van der Waals surface area (Å²) in [6, 6.07) is 0. The molecule has 0 saturated heterocycles. The van der Waals surface area contributed by atoms with E-state index in [4.69, 9.17) is 14.2 Å². The Kier molecular flexibility index (Phi) is 9.99. The molecule has 0 aliphatic heterocycles. The molecule has 0 aromatic carbocycles. The van der Waals surface area contributed by atoms with Crippen LogP contribution in [0.15, 0.2) is 0 Å². The summed E-state index contributed by atoms with van der Waals surface area (Å²) in [5, 5.41) is 0. The highest BCUT2D eigenvalue weighted by Gasteiger charge is 2.07. The molecule has 0 heterocycles. The summed E-state index contributed by atoms with van der Waals surface area (Å²) in [6.45, 7) is 12.4. The van der Waals surface area contributed by atoms with Gasteiger partial charge in [0.1, 0.15) is 0 Å². The van der Waals surface area contributed by atoms with Crippen molar-refractivity contribution in [1.29, 1.82) is 0 Å². The first-order valence-electron chi connectivity index (χ1n) is 6.41. The fourth-order valence-electron chi connectivity index (χ4n) is 1.15. The number of hydrogen-bond acceptors (Lipinski definition) is 3. The Labute approximate surface area is 100 Å². The van der Waals surface area contributed by atoms with E-state index in [-0.39, 0.29) is 18.3 Å². The second-order valence-electron chi connectivity index (χ2n) is 4.56. The first kappa shape index (κ1) is 15.9. The minimum absolute atomic E-state index is 0.139.